The van der Waals surface area contributed by atoms with Crippen LogP contribution in [0.4, 0.5) is 0 Å². The van der Waals surface area contributed by atoms with Gasteiger partial charge >= 0.3 is 0 Å². The van der Waals surface area contributed by atoms with Crippen LogP contribution in [0.5, 0.6) is 0 Å². The van der Waals surface area contributed by atoms with Crippen LogP contribution in [0, 0.1) is 0 Å². The molecule has 1 aromatic rings. The van der Waals surface area contributed by atoms with E-state index < -0.39 is 6.17 Å². The highest BCUT2D eigenvalue weighted by atomic mass is 16.4. The van der Waals surface area contributed by atoms with Crippen molar-refractivity contribution in [2.45, 2.75) is 6.17 Å². The molecular formula is C9H11N5O. The van der Waals surface area contributed by atoms with Crippen molar-refractivity contribution in [3.05, 3.63) is 35.9 Å². The quantitative estimate of drug-likeness (QED) is 0.430. The fourth-order valence-electron chi connectivity index (χ4n) is 1.39. The lowest BCUT2D eigenvalue weighted by molar-refractivity contribution is 0.253. The van der Waals surface area contributed by atoms with Gasteiger partial charge in [-0.1, -0.05) is 40.7 Å². The van der Waals surface area contributed by atoms with Crippen LogP contribution in [0.25, 0.3) is 0 Å². The van der Waals surface area contributed by atoms with Gasteiger partial charge in [0.1, 0.15) is 5.71 Å². The summed E-state index contributed by atoms with van der Waals surface area (Å²) < 4.78 is 0. The minimum Gasteiger partial charge on any atom is -0.411 e. The Morgan fingerprint density at radius 2 is 2.20 bits per heavy atom. The molecule has 2 rings (SSSR count). The van der Waals surface area contributed by atoms with Gasteiger partial charge in [0.05, 0.1) is 0 Å². The number of rotatable bonds is 2. The molecule has 1 unspecified atom stereocenters. The second-order valence-corrected chi connectivity index (χ2v) is 3.15. The fourth-order valence-corrected chi connectivity index (χ4v) is 1.39. The molecule has 0 radical (unpaired) electrons. The number of nitrogens with one attached hydrogen (secondary N) is 1. The van der Waals surface area contributed by atoms with Crippen LogP contribution in [0.15, 0.2) is 45.8 Å². The first-order valence-electron chi connectivity index (χ1n) is 4.48. The van der Waals surface area contributed by atoms with Crippen LogP contribution in [0.2, 0.25) is 0 Å². The van der Waals surface area contributed by atoms with Crippen LogP contribution in [-0.4, -0.2) is 29.1 Å². The van der Waals surface area contributed by atoms with Crippen LogP contribution < -0.4 is 5.53 Å². The summed E-state index contributed by atoms with van der Waals surface area (Å²) in [5, 5.41) is 21.5. The maximum Gasteiger partial charge on any atom is 0.189 e. The van der Waals surface area contributed by atoms with Crippen molar-refractivity contribution in [2.24, 2.45) is 15.5 Å². The van der Waals surface area contributed by atoms with E-state index in [0.29, 0.717) is 5.71 Å². The highest BCUT2D eigenvalue weighted by Gasteiger charge is 2.26. The van der Waals surface area contributed by atoms with Crippen LogP contribution in [-0.2, 0) is 0 Å². The molecule has 0 aromatic heterocycles. The van der Waals surface area contributed by atoms with Gasteiger partial charge in [0.2, 0.25) is 0 Å². The maximum absolute atomic E-state index is 8.99. The molecule has 1 heterocycles. The minimum absolute atomic E-state index is 0.391. The van der Waals surface area contributed by atoms with E-state index >= 15 is 0 Å². The van der Waals surface area contributed by atoms with E-state index in [1.54, 1.807) is 12.1 Å². The zero-order chi connectivity index (χ0) is 10.7. The van der Waals surface area contributed by atoms with Gasteiger partial charge in [0.15, 0.2) is 6.17 Å². The second-order valence-electron chi connectivity index (χ2n) is 3.15. The zero-order valence-electron chi connectivity index (χ0n) is 8.20. The zero-order valence-corrected chi connectivity index (χ0v) is 8.20. The van der Waals surface area contributed by atoms with Gasteiger partial charge in [-0.3, -0.25) is 0 Å². The van der Waals surface area contributed by atoms with E-state index in [0.717, 1.165) is 5.56 Å². The maximum atomic E-state index is 8.99. The first-order chi connectivity index (χ1) is 7.33. The molecule has 15 heavy (non-hydrogen) atoms. The second kappa shape index (κ2) is 4.05. The Bertz CT molecular complexity index is 389. The average molecular weight is 205 g/mol. The van der Waals surface area contributed by atoms with Crippen molar-refractivity contribution in [2.75, 3.05) is 7.05 Å². The van der Waals surface area contributed by atoms with E-state index in [2.05, 4.69) is 21.0 Å². The van der Waals surface area contributed by atoms with Crippen LogP contribution in [0.1, 0.15) is 5.56 Å². The predicted molar refractivity (Wildman–Crippen MR) is 54.3 cm³/mol. The standard InChI is InChI=1S/C9H11N5O/c1-14-9(10-12-13-14)8(11-15)7-5-3-2-4-6-7/h2-6,9,15H,1H3,(H,10,13)/b11-8-. The third-order valence-electron chi connectivity index (χ3n) is 2.16. The molecule has 1 aliphatic rings. The van der Waals surface area contributed by atoms with Crippen molar-refractivity contribution in [1.82, 2.24) is 10.5 Å². The number of likely N-dealkylation sites (N-methyl/N-ethyl adjacent to an activating group) is 1. The third-order valence-corrected chi connectivity index (χ3v) is 2.16. The fraction of sp³-hybridized carbons (Fsp3) is 0.222. The van der Waals surface area contributed by atoms with Crippen LogP contribution in [0.3, 0.4) is 0 Å². The van der Waals surface area contributed by atoms with E-state index in [4.69, 9.17) is 5.21 Å². The SMILES string of the molecule is CN1NN=NC1/C(=N\O)c1ccccc1. The molecule has 1 atom stereocenters. The number of hydrazine groups is 1. The van der Waals surface area contributed by atoms with E-state index in [-0.39, 0.29) is 0 Å². The molecule has 1 aromatic carbocycles. The molecule has 0 aliphatic carbocycles. The molecule has 2 N–H and O–H groups in total. The monoisotopic (exact) mass is 205 g/mol. The smallest absolute Gasteiger partial charge is 0.189 e. The lowest BCUT2D eigenvalue weighted by Gasteiger charge is -2.16. The molecule has 6 heteroatoms. The summed E-state index contributed by atoms with van der Waals surface area (Å²) in [6.45, 7) is 0. The van der Waals surface area contributed by atoms with Crippen molar-refractivity contribution >= 4 is 5.71 Å². The summed E-state index contributed by atoms with van der Waals surface area (Å²) in [6.07, 6.45) is -0.391. The lowest BCUT2D eigenvalue weighted by atomic mass is 10.1. The summed E-state index contributed by atoms with van der Waals surface area (Å²) in [6, 6.07) is 9.37. The molecule has 0 saturated carbocycles. The molecule has 78 valence electrons. The van der Waals surface area contributed by atoms with E-state index in [9.17, 15) is 0 Å². The number of benzene rings is 1. The highest BCUT2D eigenvalue weighted by Crippen LogP contribution is 2.12. The molecule has 0 fully saturated rings. The van der Waals surface area contributed by atoms with E-state index in [1.807, 2.05) is 30.3 Å². The largest absolute Gasteiger partial charge is 0.411 e. The van der Waals surface area contributed by atoms with Gasteiger partial charge < -0.3 is 5.21 Å². The Morgan fingerprint density at radius 1 is 1.47 bits per heavy atom. The average Bonchev–Trinajstić information content (AvgIpc) is 2.68. The first-order valence-corrected chi connectivity index (χ1v) is 4.48. The summed E-state index contributed by atoms with van der Waals surface area (Å²) in [5.74, 6) is 0. The number of hydrogen-bond acceptors (Lipinski definition) is 6. The Hall–Kier alpha value is -1.95. The Balaban J connectivity index is 2.30. The molecule has 1 aliphatic heterocycles. The summed E-state index contributed by atoms with van der Waals surface area (Å²) in [5.41, 5.74) is 3.94. The first kappa shape index (κ1) is 9.60. The van der Waals surface area contributed by atoms with Gasteiger partial charge in [-0.15, -0.1) is 5.11 Å². The van der Waals surface area contributed by atoms with Crippen LogP contribution >= 0.6 is 0 Å². The van der Waals surface area contributed by atoms with Crippen molar-refractivity contribution < 1.29 is 5.21 Å². The van der Waals surface area contributed by atoms with E-state index in [1.165, 1.54) is 0 Å². The van der Waals surface area contributed by atoms with Gasteiger partial charge in [-0.05, 0) is 0 Å². The molecule has 0 saturated heterocycles. The Morgan fingerprint density at radius 3 is 2.73 bits per heavy atom. The van der Waals surface area contributed by atoms with Gasteiger partial charge in [-0.2, -0.15) is 5.01 Å². The molecular weight excluding hydrogens is 194 g/mol. The number of nitrogens with zero attached hydrogens (tertiary/aromatic N) is 4. The van der Waals surface area contributed by atoms with Gasteiger partial charge in [0.25, 0.3) is 0 Å². The molecule has 0 bridgehead atoms. The van der Waals surface area contributed by atoms with Crippen molar-refractivity contribution in [3.8, 4) is 0 Å². The Kier molecular flexibility index (Phi) is 2.59. The summed E-state index contributed by atoms with van der Waals surface area (Å²) in [4.78, 5) is 0. The molecule has 0 amide bonds. The predicted octanol–water partition coefficient (Wildman–Crippen LogP) is 1.01. The van der Waals surface area contributed by atoms with Gasteiger partial charge in [-0.25, -0.2) is 5.53 Å². The molecule has 0 spiro atoms. The Labute approximate surface area is 86.9 Å². The number of hydrogen-bond donors (Lipinski definition) is 2. The topological polar surface area (TPSA) is 72.6 Å². The summed E-state index contributed by atoms with van der Waals surface area (Å²) >= 11 is 0. The summed E-state index contributed by atoms with van der Waals surface area (Å²) in [7, 11) is 1.78. The van der Waals surface area contributed by atoms with Crippen molar-refractivity contribution in [1.29, 1.82) is 0 Å². The highest BCUT2D eigenvalue weighted by molar-refractivity contribution is 6.03. The third kappa shape index (κ3) is 1.79. The molecule has 6 nitrogen and oxygen atoms in total. The normalized spacial score (nSPS) is 21.7. The minimum atomic E-state index is -0.391. The van der Waals surface area contributed by atoms with Crippen molar-refractivity contribution in [3.63, 3.8) is 0 Å². The lowest BCUT2D eigenvalue weighted by Crippen LogP contribution is -2.39. The van der Waals surface area contributed by atoms with Gasteiger partial charge in [0, 0.05) is 12.6 Å². The number of oxime groups is 1.